The van der Waals surface area contributed by atoms with Crippen LogP contribution in [0.15, 0.2) is 18.3 Å². The average Bonchev–Trinajstić information content (AvgIpc) is 2.67. The zero-order chi connectivity index (χ0) is 10.7. The Kier molecular flexibility index (Phi) is 3.37. The van der Waals surface area contributed by atoms with Crippen LogP contribution < -0.4 is 0 Å². The summed E-state index contributed by atoms with van der Waals surface area (Å²) in [4.78, 5) is 6.99. The Morgan fingerprint density at radius 3 is 3.13 bits per heavy atom. The van der Waals surface area contributed by atoms with E-state index in [0.717, 1.165) is 0 Å². The minimum absolute atomic E-state index is 0.624. The SMILES string of the molecule is CCCN1CCC[C@@H]1c1cccnc1C. The van der Waals surface area contributed by atoms with Gasteiger partial charge in [-0.2, -0.15) is 0 Å². The van der Waals surface area contributed by atoms with Gasteiger partial charge in [0.05, 0.1) is 0 Å². The van der Waals surface area contributed by atoms with Crippen LogP contribution >= 0.6 is 0 Å². The van der Waals surface area contributed by atoms with Crippen LogP contribution in [0, 0.1) is 6.92 Å². The van der Waals surface area contributed by atoms with Gasteiger partial charge < -0.3 is 0 Å². The van der Waals surface area contributed by atoms with Crippen molar-refractivity contribution in [2.75, 3.05) is 13.1 Å². The first-order valence-corrected chi connectivity index (χ1v) is 5.98. The van der Waals surface area contributed by atoms with E-state index in [1.54, 1.807) is 0 Å². The predicted molar refractivity (Wildman–Crippen MR) is 62.8 cm³/mol. The van der Waals surface area contributed by atoms with Gasteiger partial charge in [-0.25, -0.2) is 0 Å². The van der Waals surface area contributed by atoms with Gasteiger partial charge in [-0.3, -0.25) is 9.88 Å². The Morgan fingerprint density at radius 2 is 2.40 bits per heavy atom. The second-order valence-electron chi connectivity index (χ2n) is 4.37. The molecule has 15 heavy (non-hydrogen) atoms. The summed E-state index contributed by atoms with van der Waals surface area (Å²) in [5, 5.41) is 0. The van der Waals surface area contributed by atoms with Gasteiger partial charge in [-0.15, -0.1) is 0 Å². The van der Waals surface area contributed by atoms with E-state index >= 15 is 0 Å². The number of aryl methyl sites for hydroxylation is 1. The molecule has 0 N–H and O–H groups in total. The molecular formula is C13H20N2. The van der Waals surface area contributed by atoms with Crippen molar-refractivity contribution in [3.05, 3.63) is 29.6 Å². The minimum atomic E-state index is 0.624. The number of aromatic nitrogens is 1. The van der Waals surface area contributed by atoms with Crippen LogP contribution in [-0.2, 0) is 0 Å². The fourth-order valence-electron chi connectivity index (χ4n) is 2.58. The lowest BCUT2D eigenvalue weighted by Gasteiger charge is -2.25. The monoisotopic (exact) mass is 204 g/mol. The van der Waals surface area contributed by atoms with Crippen LogP contribution in [0.5, 0.6) is 0 Å². The molecule has 1 aromatic rings. The van der Waals surface area contributed by atoms with Crippen LogP contribution in [0.3, 0.4) is 0 Å². The fraction of sp³-hybridized carbons (Fsp3) is 0.615. The summed E-state index contributed by atoms with van der Waals surface area (Å²) in [5.74, 6) is 0. The first-order valence-electron chi connectivity index (χ1n) is 5.98. The highest BCUT2D eigenvalue weighted by atomic mass is 15.2. The van der Waals surface area contributed by atoms with Crippen LogP contribution in [0.4, 0.5) is 0 Å². The molecule has 0 aliphatic carbocycles. The molecule has 2 heteroatoms. The normalized spacial score (nSPS) is 22.1. The van der Waals surface area contributed by atoms with Crippen LogP contribution in [0.25, 0.3) is 0 Å². The van der Waals surface area contributed by atoms with E-state index in [2.05, 4.69) is 35.9 Å². The van der Waals surface area contributed by atoms with Crippen LogP contribution in [0.2, 0.25) is 0 Å². The van der Waals surface area contributed by atoms with Crippen molar-refractivity contribution in [3.8, 4) is 0 Å². The second-order valence-corrected chi connectivity index (χ2v) is 4.37. The molecule has 1 fully saturated rings. The number of rotatable bonds is 3. The molecule has 0 bridgehead atoms. The van der Waals surface area contributed by atoms with Crippen molar-refractivity contribution in [2.45, 2.75) is 39.2 Å². The van der Waals surface area contributed by atoms with Gasteiger partial charge in [0.15, 0.2) is 0 Å². The maximum atomic E-state index is 4.39. The molecule has 1 aromatic heterocycles. The molecule has 2 nitrogen and oxygen atoms in total. The molecule has 2 heterocycles. The van der Waals surface area contributed by atoms with Gasteiger partial charge >= 0.3 is 0 Å². The highest BCUT2D eigenvalue weighted by molar-refractivity contribution is 5.23. The largest absolute Gasteiger partial charge is 0.296 e. The molecule has 1 aliphatic heterocycles. The summed E-state index contributed by atoms with van der Waals surface area (Å²) in [6, 6.07) is 4.92. The Balaban J connectivity index is 2.19. The van der Waals surface area contributed by atoms with E-state index < -0.39 is 0 Å². The highest BCUT2D eigenvalue weighted by Crippen LogP contribution is 2.32. The minimum Gasteiger partial charge on any atom is -0.296 e. The van der Waals surface area contributed by atoms with E-state index in [-0.39, 0.29) is 0 Å². The summed E-state index contributed by atoms with van der Waals surface area (Å²) >= 11 is 0. The Morgan fingerprint density at radius 1 is 1.53 bits per heavy atom. The third-order valence-electron chi connectivity index (χ3n) is 3.28. The van der Waals surface area contributed by atoms with Crippen LogP contribution in [-0.4, -0.2) is 23.0 Å². The third-order valence-corrected chi connectivity index (χ3v) is 3.28. The topological polar surface area (TPSA) is 16.1 Å². The Labute approximate surface area is 92.3 Å². The molecular weight excluding hydrogens is 184 g/mol. The highest BCUT2D eigenvalue weighted by Gasteiger charge is 2.26. The lowest BCUT2D eigenvalue weighted by atomic mass is 10.0. The number of hydrogen-bond donors (Lipinski definition) is 0. The van der Waals surface area contributed by atoms with Gasteiger partial charge in [0.2, 0.25) is 0 Å². The Bertz CT molecular complexity index is 322. The molecule has 0 unspecified atom stereocenters. The standard InChI is InChI=1S/C13H20N2/c1-3-9-15-10-5-7-13(15)12-6-4-8-14-11(12)2/h4,6,8,13H,3,5,7,9-10H2,1-2H3/t13-/m1/s1. The molecule has 82 valence electrons. The van der Waals surface area contributed by atoms with Gasteiger partial charge in [0.25, 0.3) is 0 Å². The zero-order valence-electron chi connectivity index (χ0n) is 9.74. The summed E-state index contributed by atoms with van der Waals surface area (Å²) in [6.07, 6.45) is 5.76. The molecule has 0 aromatic carbocycles. The third kappa shape index (κ3) is 2.20. The number of likely N-dealkylation sites (tertiary alicyclic amines) is 1. The van der Waals surface area contributed by atoms with Gasteiger partial charge in [0, 0.05) is 17.9 Å². The molecule has 0 saturated carbocycles. The lowest BCUT2D eigenvalue weighted by molar-refractivity contribution is 0.256. The van der Waals surface area contributed by atoms with E-state index in [1.165, 1.54) is 43.6 Å². The van der Waals surface area contributed by atoms with Crippen molar-refractivity contribution < 1.29 is 0 Å². The maximum absolute atomic E-state index is 4.39. The maximum Gasteiger partial charge on any atom is 0.0420 e. The average molecular weight is 204 g/mol. The predicted octanol–water partition coefficient (Wildman–Crippen LogP) is 2.94. The first-order chi connectivity index (χ1) is 7.33. The van der Waals surface area contributed by atoms with E-state index in [9.17, 15) is 0 Å². The second kappa shape index (κ2) is 4.75. The smallest absolute Gasteiger partial charge is 0.0420 e. The zero-order valence-corrected chi connectivity index (χ0v) is 9.74. The van der Waals surface area contributed by atoms with Crippen molar-refractivity contribution in [3.63, 3.8) is 0 Å². The number of hydrogen-bond acceptors (Lipinski definition) is 2. The van der Waals surface area contributed by atoms with E-state index in [4.69, 9.17) is 0 Å². The summed E-state index contributed by atoms with van der Waals surface area (Å²) < 4.78 is 0. The molecule has 0 spiro atoms. The fourth-order valence-corrected chi connectivity index (χ4v) is 2.58. The Hall–Kier alpha value is -0.890. The molecule has 2 rings (SSSR count). The van der Waals surface area contributed by atoms with Gasteiger partial charge in [-0.1, -0.05) is 13.0 Å². The summed E-state index contributed by atoms with van der Waals surface area (Å²) in [6.45, 7) is 6.86. The summed E-state index contributed by atoms with van der Waals surface area (Å²) in [7, 11) is 0. The van der Waals surface area contributed by atoms with E-state index in [0.29, 0.717) is 6.04 Å². The van der Waals surface area contributed by atoms with Crippen molar-refractivity contribution >= 4 is 0 Å². The molecule has 1 saturated heterocycles. The van der Waals surface area contributed by atoms with Crippen molar-refractivity contribution in [1.82, 2.24) is 9.88 Å². The molecule has 1 atom stereocenters. The van der Waals surface area contributed by atoms with E-state index in [1.807, 2.05) is 6.20 Å². The van der Waals surface area contributed by atoms with Crippen LogP contribution in [0.1, 0.15) is 43.5 Å². The van der Waals surface area contributed by atoms with Gasteiger partial charge in [0.1, 0.15) is 0 Å². The van der Waals surface area contributed by atoms with Gasteiger partial charge in [-0.05, 0) is 50.9 Å². The summed E-state index contributed by atoms with van der Waals surface area (Å²) in [5.41, 5.74) is 2.63. The van der Waals surface area contributed by atoms with Crippen molar-refractivity contribution in [2.24, 2.45) is 0 Å². The lowest BCUT2D eigenvalue weighted by Crippen LogP contribution is -2.24. The molecule has 1 aliphatic rings. The first kappa shape index (κ1) is 10.6. The number of pyridine rings is 1. The molecule has 0 radical (unpaired) electrons. The molecule has 0 amide bonds. The quantitative estimate of drug-likeness (QED) is 0.752. The number of nitrogens with zero attached hydrogens (tertiary/aromatic N) is 2. The van der Waals surface area contributed by atoms with Crippen molar-refractivity contribution in [1.29, 1.82) is 0 Å².